The number of hydrogen-bond donors (Lipinski definition) is 2. The van der Waals surface area contributed by atoms with Crippen LogP contribution in [-0.2, 0) is 4.79 Å². The van der Waals surface area contributed by atoms with E-state index in [0.29, 0.717) is 11.5 Å². The summed E-state index contributed by atoms with van der Waals surface area (Å²) in [7, 11) is 0. The van der Waals surface area contributed by atoms with Crippen LogP contribution in [0.25, 0.3) is 11.5 Å². The zero-order valence-corrected chi connectivity index (χ0v) is 9.04. The lowest BCUT2D eigenvalue weighted by Crippen LogP contribution is -2.20. The number of benzene rings is 1. The summed E-state index contributed by atoms with van der Waals surface area (Å²) in [5, 5.41) is 8.97. The Labute approximate surface area is 97.9 Å². The Morgan fingerprint density at radius 3 is 2.59 bits per heavy atom. The monoisotopic (exact) mass is 232 g/mol. The minimum atomic E-state index is -0.920. The summed E-state index contributed by atoms with van der Waals surface area (Å²) >= 11 is 0. The van der Waals surface area contributed by atoms with Gasteiger partial charge in [0.2, 0.25) is 5.89 Å². The van der Waals surface area contributed by atoms with Crippen LogP contribution in [-0.4, -0.2) is 22.6 Å². The van der Waals surface area contributed by atoms with Gasteiger partial charge in [-0.2, -0.15) is 0 Å². The Balaban J connectivity index is 2.26. The second-order valence-electron chi connectivity index (χ2n) is 3.59. The molecule has 1 heterocycles. The molecule has 1 aromatic heterocycles. The van der Waals surface area contributed by atoms with E-state index in [1.807, 2.05) is 0 Å². The summed E-state index contributed by atoms with van der Waals surface area (Å²) in [4.78, 5) is 14.9. The highest BCUT2D eigenvalue weighted by Crippen LogP contribution is 2.21. The van der Waals surface area contributed by atoms with E-state index in [9.17, 15) is 4.79 Å². The molecule has 0 radical (unpaired) electrons. The summed E-state index contributed by atoms with van der Waals surface area (Å²) in [6.07, 6.45) is 3.05. The number of oxazole rings is 1. The van der Waals surface area contributed by atoms with Crippen molar-refractivity contribution in [2.45, 2.75) is 5.92 Å². The quantitative estimate of drug-likeness (QED) is 0.833. The highest BCUT2D eigenvalue weighted by molar-refractivity contribution is 5.76. The van der Waals surface area contributed by atoms with Gasteiger partial charge in [0.25, 0.3) is 0 Å². The molecule has 1 aromatic carbocycles. The predicted octanol–water partition coefficient (Wildman–Crippen LogP) is 1.47. The van der Waals surface area contributed by atoms with Gasteiger partial charge in [0, 0.05) is 12.1 Å². The lowest BCUT2D eigenvalue weighted by Gasteiger charge is -2.09. The highest BCUT2D eigenvalue weighted by Gasteiger charge is 2.17. The summed E-state index contributed by atoms with van der Waals surface area (Å²) in [5.41, 5.74) is 6.91. The predicted molar refractivity (Wildman–Crippen MR) is 61.4 cm³/mol. The third kappa shape index (κ3) is 2.34. The second-order valence-corrected chi connectivity index (χ2v) is 3.59. The van der Waals surface area contributed by atoms with Crippen molar-refractivity contribution in [1.82, 2.24) is 4.98 Å². The van der Waals surface area contributed by atoms with E-state index in [1.165, 1.54) is 6.26 Å². The van der Waals surface area contributed by atoms with Gasteiger partial charge in [0.05, 0.1) is 12.1 Å². The van der Waals surface area contributed by atoms with Crippen LogP contribution in [0.1, 0.15) is 11.5 Å². The van der Waals surface area contributed by atoms with Gasteiger partial charge in [-0.25, -0.2) is 4.98 Å². The molecular weight excluding hydrogens is 220 g/mol. The molecule has 1 atom stereocenters. The molecule has 5 heteroatoms. The first-order valence-corrected chi connectivity index (χ1v) is 5.15. The Kier molecular flexibility index (Phi) is 3.20. The van der Waals surface area contributed by atoms with E-state index in [1.54, 1.807) is 30.5 Å². The molecule has 1 unspecified atom stereocenters. The van der Waals surface area contributed by atoms with E-state index in [2.05, 4.69) is 4.98 Å². The van der Waals surface area contributed by atoms with Crippen molar-refractivity contribution < 1.29 is 14.3 Å². The van der Waals surface area contributed by atoms with Gasteiger partial charge in [-0.15, -0.1) is 0 Å². The van der Waals surface area contributed by atoms with Crippen LogP contribution in [0.3, 0.4) is 0 Å². The summed E-state index contributed by atoms with van der Waals surface area (Å²) in [5.74, 6) is -1.08. The van der Waals surface area contributed by atoms with E-state index < -0.39 is 11.9 Å². The van der Waals surface area contributed by atoms with Crippen LogP contribution in [0.5, 0.6) is 0 Å². The van der Waals surface area contributed by atoms with Gasteiger partial charge < -0.3 is 15.3 Å². The molecule has 3 N–H and O–H groups in total. The van der Waals surface area contributed by atoms with Crippen molar-refractivity contribution >= 4 is 5.97 Å². The third-order valence-corrected chi connectivity index (χ3v) is 2.53. The number of hydrogen-bond acceptors (Lipinski definition) is 4. The normalized spacial score (nSPS) is 12.3. The third-order valence-electron chi connectivity index (χ3n) is 2.53. The fraction of sp³-hybridized carbons (Fsp3) is 0.167. The maximum absolute atomic E-state index is 10.9. The van der Waals surface area contributed by atoms with Gasteiger partial charge in [-0.05, 0) is 17.7 Å². The number of rotatable bonds is 4. The number of carboxylic acid groups (broad SMARTS) is 1. The average Bonchev–Trinajstić information content (AvgIpc) is 2.84. The van der Waals surface area contributed by atoms with Crippen molar-refractivity contribution in [1.29, 1.82) is 0 Å². The first kappa shape index (κ1) is 11.3. The molecule has 0 fully saturated rings. The molecule has 2 rings (SSSR count). The molecule has 0 aliphatic heterocycles. The number of nitrogens with two attached hydrogens (primary N) is 1. The fourth-order valence-electron chi connectivity index (χ4n) is 1.60. The molecule has 0 bridgehead atoms. The Bertz CT molecular complexity index is 491. The Morgan fingerprint density at radius 2 is 2.12 bits per heavy atom. The first-order valence-electron chi connectivity index (χ1n) is 5.15. The molecule has 5 nitrogen and oxygen atoms in total. The van der Waals surface area contributed by atoms with E-state index in [0.717, 1.165) is 5.56 Å². The maximum Gasteiger partial charge on any atom is 0.312 e. The Hall–Kier alpha value is -2.14. The lowest BCUT2D eigenvalue weighted by molar-refractivity contribution is -0.138. The van der Waals surface area contributed by atoms with Crippen LogP contribution >= 0.6 is 0 Å². The van der Waals surface area contributed by atoms with E-state index >= 15 is 0 Å². The second kappa shape index (κ2) is 4.80. The molecule has 88 valence electrons. The number of aliphatic carboxylic acids is 1. The Morgan fingerprint density at radius 1 is 1.41 bits per heavy atom. The number of nitrogens with zero attached hydrogens (tertiary/aromatic N) is 1. The van der Waals surface area contributed by atoms with Crippen LogP contribution in [0, 0.1) is 0 Å². The first-order chi connectivity index (χ1) is 8.22. The fourth-order valence-corrected chi connectivity index (χ4v) is 1.60. The minimum Gasteiger partial charge on any atom is -0.481 e. The van der Waals surface area contributed by atoms with Crippen molar-refractivity contribution in [3.8, 4) is 11.5 Å². The molecule has 0 spiro atoms. The summed E-state index contributed by atoms with van der Waals surface area (Å²) < 4.78 is 5.14. The van der Waals surface area contributed by atoms with Crippen LogP contribution in [0.4, 0.5) is 0 Å². The maximum atomic E-state index is 10.9. The highest BCUT2D eigenvalue weighted by atomic mass is 16.4. The van der Waals surface area contributed by atoms with Crippen LogP contribution in [0.2, 0.25) is 0 Å². The number of carboxylic acids is 1. The molecule has 0 aliphatic carbocycles. The number of carbonyl (C=O) groups is 1. The van der Waals surface area contributed by atoms with Gasteiger partial charge in [0.1, 0.15) is 6.26 Å². The van der Waals surface area contributed by atoms with Crippen molar-refractivity contribution in [3.63, 3.8) is 0 Å². The molecule has 0 saturated carbocycles. The number of aromatic nitrogens is 1. The van der Waals surface area contributed by atoms with Crippen molar-refractivity contribution in [3.05, 3.63) is 42.3 Å². The molecule has 0 saturated heterocycles. The summed E-state index contributed by atoms with van der Waals surface area (Å²) in [6.45, 7) is 0.0771. The van der Waals surface area contributed by atoms with Gasteiger partial charge >= 0.3 is 5.97 Å². The topological polar surface area (TPSA) is 89.4 Å². The minimum absolute atomic E-state index is 0.0771. The molecule has 2 aromatic rings. The average molecular weight is 232 g/mol. The zero-order valence-electron chi connectivity index (χ0n) is 9.04. The largest absolute Gasteiger partial charge is 0.481 e. The van der Waals surface area contributed by atoms with Crippen LogP contribution in [0.15, 0.2) is 41.1 Å². The lowest BCUT2D eigenvalue weighted by atomic mass is 9.98. The SMILES string of the molecule is NCC(C(=O)O)c1ccc(-c2ncco2)cc1. The molecule has 0 aliphatic rings. The smallest absolute Gasteiger partial charge is 0.312 e. The summed E-state index contributed by atoms with van der Waals surface area (Å²) in [6, 6.07) is 7.00. The van der Waals surface area contributed by atoms with Crippen molar-refractivity contribution in [2.75, 3.05) is 6.54 Å². The van der Waals surface area contributed by atoms with Gasteiger partial charge in [0.15, 0.2) is 0 Å². The molecule has 0 amide bonds. The van der Waals surface area contributed by atoms with Crippen molar-refractivity contribution in [2.24, 2.45) is 5.73 Å². The van der Waals surface area contributed by atoms with E-state index in [-0.39, 0.29) is 6.54 Å². The molecular formula is C12H12N2O3. The van der Waals surface area contributed by atoms with Gasteiger partial charge in [-0.1, -0.05) is 12.1 Å². The zero-order chi connectivity index (χ0) is 12.3. The van der Waals surface area contributed by atoms with E-state index in [4.69, 9.17) is 15.3 Å². The van der Waals surface area contributed by atoms with Crippen LogP contribution < -0.4 is 5.73 Å². The van der Waals surface area contributed by atoms with Gasteiger partial charge in [-0.3, -0.25) is 4.79 Å². The molecule has 17 heavy (non-hydrogen) atoms. The standard InChI is InChI=1S/C12H12N2O3/c13-7-10(12(15)16)8-1-3-9(4-2-8)11-14-5-6-17-11/h1-6,10H,7,13H2,(H,15,16).